The molecule has 0 aliphatic rings. The van der Waals surface area contributed by atoms with E-state index in [-0.39, 0.29) is 5.78 Å². The van der Waals surface area contributed by atoms with Gasteiger partial charge in [-0.05, 0) is 18.2 Å². The van der Waals surface area contributed by atoms with Gasteiger partial charge in [0.2, 0.25) is 0 Å². The van der Waals surface area contributed by atoms with Crippen molar-refractivity contribution >= 4 is 34.4 Å². The largest absolute Gasteiger partial charge is 0.399 e. The Morgan fingerprint density at radius 2 is 2.25 bits per heavy atom. The summed E-state index contributed by atoms with van der Waals surface area (Å²) in [4.78, 5) is 16.7. The third-order valence-corrected chi connectivity index (χ3v) is 3.06. The zero-order valence-electron chi connectivity index (χ0n) is 8.31. The minimum absolute atomic E-state index is 0.00144. The Labute approximate surface area is 102 Å². The second kappa shape index (κ2) is 4.63. The van der Waals surface area contributed by atoms with Gasteiger partial charge < -0.3 is 5.73 Å². The average Bonchev–Trinajstić information content (AvgIpc) is 2.68. The maximum Gasteiger partial charge on any atom is 0.168 e. The number of nitrogen functional groups attached to an aromatic ring is 1. The summed E-state index contributed by atoms with van der Waals surface area (Å²) in [7, 11) is 0. The maximum absolute atomic E-state index is 11.9. The molecule has 2 rings (SSSR count). The summed E-state index contributed by atoms with van der Waals surface area (Å²) in [5.41, 5.74) is 8.37. The van der Waals surface area contributed by atoms with E-state index in [9.17, 15) is 4.79 Å². The molecule has 0 fully saturated rings. The first-order valence-electron chi connectivity index (χ1n) is 4.62. The van der Waals surface area contributed by atoms with Crippen LogP contribution in [-0.2, 0) is 6.42 Å². The number of hydrogen-bond donors (Lipinski definition) is 1. The molecule has 0 aliphatic carbocycles. The van der Waals surface area contributed by atoms with Crippen molar-refractivity contribution in [1.29, 1.82) is 0 Å². The van der Waals surface area contributed by atoms with E-state index in [1.54, 1.807) is 29.9 Å². The SMILES string of the molecule is Nc1cc(Cl)cc(C(=O)Cc2cncs2)c1. The number of anilines is 1. The standard InChI is InChI=1S/C11H9ClN2OS/c12-8-1-7(2-9(13)3-8)11(15)4-10-5-14-6-16-10/h1-3,5-6H,4,13H2. The van der Waals surface area contributed by atoms with Gasteiger partial charge in [-0.25, -0.2) is 0 Å². The molecular formula is C11H9ClN2OS. The van der Waals surface area contributed by atoms with Crippen LogP contribution in [0.2, 0.25) is 5.02 Å². The maximum atomic E-state index is 11.9. The van der Waals surface area contributed by atoms with Crippen molar-refractivity contribution in [2.24, 2.45) is 0 Å². The molecule has 82 valence electrons. The third kappa shape index (κ3) is 2.59. The summed E-state index contributed by atoms with van der Waals surface area (Å²) < 4.78 is 0. The van der Waals surface area contributed by atoms with Gasteiger partial charge in [-0.2, -0.15) is 0 Å². The molecule has 2 aromatic rings. The predicted molar refractivity (Wildman–Crippen MR) is 66.0 cm³/mol. The number of carbonyl (C=O) groups is 1. The predicted octanol–water partition coefficient (Wildman–Crippen LogP) is 2.80. The Morgan fingerprint density at radius 1 is 1.44 bits per heavy atom. The minimum atomic E-state index is -0.00144. The Bertz CT molecular complexity index is 490. The molecule has 0 atom stereocenters. The van der Waals surface area contributed by atoms with E-state index in [4.69, 9.17) is 17.3 Å². The van der Waals surface area contributed by atoms with E-state index in [1.165, 1.54) is 11.3 Å². The van der Waals surface area contributed by atoms with Crippen molar-refractivity contribution in [1.82, 2.24) is 4.98 Å². The number of Topliss-reactive ketones (excluding diaryl/α,β-unsaturated/α-hetero) is 1. The number of nitrogens with zero attached hydrogens (tertiary/aromatic N) is 1. The first-order chi connectivity index (χ1) is 7.65. The molecular weight excluding hydrogens is 244 g/mol. The molecule has 0 spiro atoms. The van der Waals surface area contributed by atoms with Crippen LogP contribution in [0.5, 0.6) is 0 Å². The lowest BCUT2D eigenvalue weighted by Gasteiger charge is -2.02. The number of ketones is 1. The number of rotatable bonds is 3. The highest BCUT2D eigenvalue weighted by Crippen LogP contribution is 2.19. The number of carbonyl (C=O) groups excluding carboxylic acids is 1. The van der Waals surface area contributed by atoms with E-state index in [2.05, 4.69) is 4.98 Å². The van der Waals surface area contributed by atoms with Crippen LogP contribution in [0.4, 0.5) is 5.69 Å². The first-order valence-corrected chi connectivity index (χ1v) is 5.87. The molecule has 0 bridgehead atoms. The van der Waals surface area contributed by atoms with E-state index in [0.717, 1.165) is 4.88 Å². The highest BCUT2D eigenvalue weighted by atomic mass is 35.5. The Kier molecular flexibility index (Phi) is 3.22. The van der Waals surface area contributed by atoms with Crippen LogP contribution in [0, 0.1) is 0 Å². The third-order valence-electron chi connectivity index (χ3n) is 2.06. The molecule has 0 saturated heterocycles. The molecule has 16 heavy (non-hydrogen) atoms. The summed E-state index contributed by atoms with van der Waals surface area (Å²) in [5, 5.41) is 0.479. The molecule has 1 heterocycles. The Hall–Kier alpha value is -1.39. The molecule has 5 heteroatoms. The van der Waals surface area contributed by atoms with Crippen LogP contribution in [-0.4, -0.2) is 10.8 Å². The normalized spacial score (nSPS) is 10.3. The van der Waals surface area contributed by atoms with Gasteiger partial charge in [-0.3, -0.25) is 9.78 Å². The van der Waals surface area contributed by atoms with Gasteiger partial charge in [-0.1, -0.05) is 11.6 Å². The van der Waals surface area contributed by atoms with Crippen LogP contribution in [0.3, 0.4) is 0 Å². The lowest BCUT2D eigenvalue weighted by atomic mass is 10.1. The van der Waals surface area contributed by atoms with Crippen LogP contribution in [0.15, 0.2) is 29.9 Å². The number of hydrogen-bond acceptors (Lipinski definition) is 4. The van der Waals surface area contributed by atoms with Gasteiger partial charge >= 0.3 is 0 Å². The zero-order chi connectivity index (χ0) is 11.5. The first kappa shape index (κ1) is 11.1. The number of halogens is 1. The van der Waals surface area contributed by atoms with Crippen LogP contribution in [0.1, 0.15) is 15.2 Å². The van der Waals surface area contributed by atoms with Crippen molar-refractivity contribution in [3.63, 3.8) is 0 Å². The molecule has 3 nitrogen and oxygen atoms in total. The van der Waals surface area contributed by atoms with Gasteiger partial charge in [0.25, 0.3) is 0 Å². The number of aromatic nitrogens is 1. The van der Waals surface area contributed by atoms with Crippen LogP contribution >= 0.6 is 22.9 Å². The molecule has 0 radical (unpaired) electrons. The fraction of sp³-hybridized carbons (Fsp3) is 0.0909. The number of benzene rings is 1. The number of thiazole rings is 1. The molecule has 0 amide bonds. The molecule has 2 N–H and O–H groups in total. The monoisotopic (exact) mass is 252 g/mol. The average molecular weight is 253 g/mol. The second-order valence-electron chi connectivity index (χ2n) is 3.34. The van der Waals surface area contributed by atoms with Crippen molar-refractivity contribution in [3.05, 3.63) is 45.4 Å². The molecule has 0 saturated carbocycles. The lowest BCUT2D eigenvalue weighted by Crippen LogP contribution is -2.03. The fourth-order valence-electron chi connectivity index (χ4n) is 1.36. The molecule has 0 aliphatic heterocycles. The Morgan fingerprint density at radius 3 is 2.88 bits per heavy atom. The number of nitrogens with two attached hydrogens (primary N) is 1. The zero-order valence-corrected chi connectivity index (χ0v) is 9.89. The van der Waals surface area contributed by atoms with Crippen molar-refractivity contribution in [2.45, 2.75) is 6.42 Å². The summed E-state index contributed by atoms with van der Waals surface area (Å²) >= 11 is 7.29. The second-order valence-corrected chi connectivity index (χ2v) is 4.75. The highest BCUT2D eigenvalue weighted by molar-refractivity contribution is 7.09. The highest BCUT2D eigenvalue weighted by Gasteiger charge is 2.09. The van der Waals surface area contributed by atoms with E-state index >= 15 is 0 Å². The van der Waals surface area contributed by atoms with Gasteiger partial charge in [0.1, 0.15) is 0 Å². The molecule has 1 aromatic heterocycles. The minimum Gasteiger partial charge on any atom is -0.399 e. The van der Waals surface area contributed by atoms with Crippen molar-refractivity contribution in [3.8, 4) is 0 Å². The summed E-state index contributed by atoms with van der Waals surface area (Å²) in [5.74, 6) is -0.00144. The van der Waals surface area contributed by atoms with Gasteiger partial charge in [-0.15, -0.1) is 11.3 Å². The van der Waals surface area contributed by atoms with E-state index in [1.807, 2.05) is 0 Å². The quantitative estimate of drug-likeness (QED) is 0.675. The lowest BCUT2D eigenvalue weighted by molar-refractivity contribution is 0.0994. The summed E-state index contributed by atoms with van der Waals surface area (Å²) in [6.07, 6.45) is 2.03. The molecule has 0 unspecified atom stereocenters. The topological polar surface area (TPSA) is 56.0 Å². The summed E-state index contributed by atoms with van der Waals surface area (Å²) in [6, 6.07) is 4.88. The van der Waals surface area contributed by atoms with Crippen molar-refractivity contribution in [2.75, 3.05) is 5.73 Å². The van der Waals surface area contributed by atoms with Crippen molar-refractivity contribution < 1.29 is 4.79 Å². The summed E-state index contributed by atoms with van der Waals surface area (Å²) in [6.45, 7) is 0. The Balaban J connectivity index is 2.21. The molecule has 1 aromatic carbocycles. The van der Waals surface area contributed by atoms with Gasteiger partial charge in [0, 0.05) is 33.8 Å². The van der Waals surface area contributed by atoms with E-state index < -0.39 is 0 Å². The van der Waals surface area contributed by atoms with Crippen LogP contribution in [0.25, 0.3) is 0 Å². The van der Waals surface area contributed by atoms with E-state index in [0.29, 0.717) is 22.7 Å². The fourth-order valence-corrected chi connectivity index (χ4v) is 2.20. The van der Waals surface area contributed by atoms with Gasteiger partial charge in [0.05, 0.1) is 5.51 Å². The van der Waals surface area contributed by atoms with Crippen LogP contribution < -0.4 is 5.73 Å². The smallest absolute Gasteiger partial charge is 0.168 e. The van der Waals surface area contributed by atoms with Gasteiger partial charge in [0.15, 0.2) is 5.78 Å².